The minimum atomic E-state index is -0.636. The van der Waals surface area contributed by atoms with Gasteiger partial charge in [0.1, 0.15) is 6.10 Å². The Morgan fingerprint density at radius 1 is 1.33 bits per heavy atom. The standard InChI is InChI=1S/C15H17N3O3/c1-11-14(21-13-5-3-2-4-12(13)20-11)15(19)17-7-9-18-8-6-16-10-18/h2-6,8,10-11,14H,7,9H2,1H3,(H,17,19)/t11-,14-/m0/s1. The highest BCUT2D eigenvalue weighted by atomic mass is 16.6. The maximum Gasteiger partial charge on any atom is 0.265 e. The summed E-state index contributed by atoms with van der Waals surface area (Å²) in [5.74, 6) is 1.11. The van der Waals surface area contributed by atoms with E-state index in [1.165, 1.54) is 0 Å². The SMILES string of the molecule is C[C@@H]1Oc2ccccc2O[C@@H]1C(=O)NCCn1ccnc1. The van der Waals surface area contributed by atoms with Crippen LogP contribution in [-0.4, -0.2) is 34.2 Å². The number of aromatic nitrogens is 2. The topological polar surface area (TPSA) is 65.4 Å². The molecule has 110 valence electrons. The summed E-state index contributed by atoms with van der Waals surface area (Å²) in [5.41, 5.74) is 0. The van der Waals surface area contributed by atoms with Gasteiger partial charge in [0.05, 0.1) is 6.33 Å². The summed E-state index contributed by atoms with van der Waals surface area (Å²) in [5, 5.41) is 2.86. The first-order valence-corrected chi connectivity index (χ1v) is 6.90. The van der Waals surface area contributed by atoms with Crippen LogP contribution >= 0.6 is 0 Å². The number of benzene rings is 1. The van der Waals surface area contributed by atoms with E-state index < -0.39 is 6.10 Å². The highest BCUT2D eigenvalue weighted by Gasteiger charge is 2.33. The van der Waals surface area contributed by atoms with Crippen molar-refractivity contribution in [2.75, 3.05) is 6.54 Å². The van der Waals surface area contributed by atoms with E-state index in [0.717, 1.165) is 0 Å². The number of fused-ring (bicyclic) bond motifs is 1. The number of rotatable bonds is 4. The largest absolute Gasteiger partial charge is 0.482 e. The average molecular weight is 287 g/mol. The summed E-state index contributed by atoms with van der Waals surface area (Å²) in [7, 11) is 0. The zero-order chi connectivity index (χ0) is 14.7. The molecule has 0 aliphatic carbocycles. The van der Waals surface area contributed by atoms with Crippen molar-refractivity contribution >= 4 is 5.91 Å². The number of nitrogens with one attached hydrogen (secondary N) is 1. The lowest BCUT2D eigenvalue weighted by molar-refractivity contribution is -0.133. The number of imidazole rings is 1. The smallest absolute Gasteiger partial charge is 0.265 e. The fraction of sp³-hybridized carbons (Fsp3) is 0.333. The maximum absolute atomic E-state index is 12.2. The molecule has 2 aromatic rings. The fourth-order valence-corrected chi connectivity index (χ4v) is 2.23. The fourth-order valence-electron chi connectivity index (χ4n) is 2.23. The number of carbonyl (C=O) groups excluding carboxylic acids is 1. The van der Waals surface area contributed by atoms with Gasteiger partial charge in [0.15, 0.2) is 11.5 Å². The van der Waals surface area contributed by atoms with Gasteiger partial charge >= 0.3 is 0 Å². The highest BCUT2D eigenvalue weighted by molar-refractivity contribution is 5.82. The van der Waals surface area contributed by atoms with Gasteiger partial charge in [0.25, 0.3) is 5.91 Å². The van der Waals surface area contributed by atoms with Gasteiger partial charge in [-0.2, -0.15) is 0 Å². The molecule has 1 N–H and O–H groups in total. The molecule has 1 amide bonds. The first kappa shape index (κ1) is 13.5. The molecule has 2 atom stereocenters. The molecule has 0 saturated heterocycles. The van der Waals surface area contributed by atoms with Gasteiger partial charge in [0.2, 0.25) is 6.10 Å². The second-order valence-electron chi connectivity index (χ2n) is 4.90. The van der Waals surface area contributed by atoms with Crippen LogP contribution in [0.15, 0.2) is 43.0 Å². The van der Waals surface area contributed by atoms with Crippen LogP contribution in [-0.2, 0) is 11.3 Å². The zero-order valence-corrected chi connectivity index (χ0v) is 11.7. The summed E-state index contributed by atoms with van der Waals surface area (Å²) < 4.78 is 13.4. The van der Waals surface area contributed by atoms with Crippen molar-refractivity contribution in [1.29, 1.82) is 0 Å². The van der Waals surface area contributed by atoms with Gasteiger partial charge in [0, 0.05) is 25.5 Å². The number of amides is 1. The predicted molar refractivity (Wildman–Crippen MR) is 76.2 cm³/mol. The Morgan fingerprint density at radius 2 is 2.10 bits per heavy atom. The minimum absolute atomic E-state index is 0.169. The number of carbonyl (C=O) groups is 1. The van der Waals surface area contributed by atoms with Crippen molar-refractivity contribution in [2.45, 2.75) is 25.7 Å². The third-order valence-corrected chi connectivity index (χ3v) is 3.33. The van der Waals surface area contributed by atoms with E-state index in [9.17, 15) is 4.79 Å². The predicted octanol–water partition coefficient (Wildman–Crippen LogP) is 1.23. The molecular weight excluding hydrogens is 270 g/mol. The van der Waals surface area contributed by atoms with Crippen LogP contribution in [0.25, 0.3) is 0 Å². The lowest BCUT2D eigenvalue weighted by atomic mass is 10.1. The van der Waals surface area contributed by atoms with Crippen LogP contribution in [0.5, 0.6) is 11.5 Å². The van der Waals surface area contributed by atoms with Crippen LogP contribution in [0, 0.1) is 0 Å². The Morgan fingerprint density at radius 3 is 2.81 bits per heavy atom. The molecule has 3 rings (SSSR count). The molecule has 0 saturated carbocycles. The van der Waals surface area contributed by atoms with Gasteiger partial charge in [-0.3, -0.25) is 4.79 Å². The van der Waals surface area contributed by atoms with Crippen LogP contribution in [0.3, 0.4) is 0 Å². The van der Waals surface area contributed by atoms with Crippen LogP contribution in [0.1, 0.15) is 6.92 Å². The van der Waals surface area contributed by atoms with Gasteiger partial charge in [-0.15, -0.1) is 0 Å². The average Bonchev–Trinajstić information content (AvgIpc) is 2.99. The summed E-state index contributed by atoms with van der Waals surface area (Å²) in [4.78, 5) is 16.2. The van der Waals surface area contributed by atoms with E-state index in [1.54, 1.807) is 18.6 Å². The Balaban J connectivity index is 1.57. The highest BCUT2D eigenvalue weighted by Crippen LogP contribution is 2.33. The van der Waals surface area contributed by atoms with E-state index in [1.807, 2.05) is 35.9 Å². The third-order valence-electron chi connectivity index (χ3n) is 3.33. The maximum atomic E-state index is 12.2. The lowest BCUT2D eigenvalue weighted by Gasteiger charge is -2.31. The molecule has 1 aliphatic heterocycles. The minimum Gasteiger partial charge on any atom is -0.482 e. The van der Waals surface area contributed by atoms with Crippen LogP contribution < -0.4 is 14.8 Å². The molecule has 1 aromatic carbocycles. The third kappa shape index (κ3) is 2.99. The second kappa shape index (κ2) is 5.87. The summed E-state index contributed by atoms with van der Waals surface area (Å²) in [6.45, 7) is 3.02. The second-order valence-corrected chi connectivity index (χ2v) is 4.90. The van der Waals surface area contributed by atoms with Crippen LogP contribution in [0.4, 0.5) is 0 Å². The van der Waals surface area contributed by atoms with E-state index in [2.05, 4.69) is 10.3 Å². The molecule has 6 nitrogen and oxygen atoms in total. The van der Waals surface area contributed by atoms with Crippen molar-refractivity contribution in [2.24, 2.45) is 0 Å². The van der Waals surface area contributed by atoms with E-state index in [4.69, 9.17) is 9.47 Å². The summed E-state index contributed by atoms with van der Waals surface area (Å²) in [6, 6.07) is 7.36. The van der Waals surface area contributed by atoms with Crippen molar-refractivity contribution < 1.29 is 14.3 Å². The first-order valence-electron chi connectivity index (χ1n) is 6.90. The Hall–Kier alpha value is -2.50. The van der Waals surface area contributed by atoms with Gasteiger partial charge in [-0.05, 0) is 19.1 Å². The quantitative estimate of drug-likeness (QED) is 0.918. The van der Waals surface area contributed by atoms with Crippen LogP contribution in [0.2, 0.25) is 0 Å². The number of nitrogens with zero attached hydrogens (tertiary/aromatic N) is 2. The molecule has 1 aromatic heterocycles. The molecule has 0 fully saturated rings. The van der Waals surface area contributed by atoms with Gasteiger partial charge < -0.3 is 19.4 Å². The Kier molecular flexibility index (Phi) is 3.77. The number of hydrogen-bond acceptors (Lipinski definition) is 4. The van der Waals surface area contributed by atoms with Crippen molar-refractivity contribution in [3.63, 3.8) is 0 Å². The van der Waals surface area contributed by atoms with E-state index >= 15 is 0 Å². The summed E-state index contributed by atoms with van der Waals surface area (Å²) in [6.07, 6.45) is 4.31. The van der Waals surface area contributed by atoms with Gasteiger partial charge in [-0.1, -0.05) is 12.1 Å². The van der Waals surface area contributed by atoms with Crippen molar-refractivity contribution in [3.05, 3.63) is 43.0 Å². The molecule has 0 radical (unpaired) electrons. The molecule has 6 heteroatoms. The Labute approximate surface area is 122 Å². The normalized spacial score (nSPS) is 20.0. The van der Waals surface area contributed by atoms with E-state index in [-0.39, 0.29) is 12.0 Å². The molecule has 21 heavy (non-hydrogen) atoms. The van der Waals surface area contributed by atoms with Crippen molar-refractivity contribution in [3.8, 4) is 11.5 Å². The number of ether oxygens (including phenoxy) is 2. The lowest BCUT2D eigenvalue weighted by Crippen LogP contribution is -2.49. The number of para-hydroxylation sites is 2. The molecule has 0 bridgehead atoms. The zero-order valence-electron chi connectivity index (χ0n) is 11.7. The molecule has 0 spiro atoms. The summed E-state index contributed by atoms with van der Waals surface area (Å²) >= 11 is 0. The van der Waals surface area contributed by atoms with Crippen molar-refractivity contribution in [1.82, 2.24) is 14.9 Å². The van der Waals surface area contributed by atoms with Gasteiger partial charge in [-0.25, -0.2) is 4.98 Å². The number of hydrogen-bond donors (Lipinski definition) is 1. The molecular formula is C15H17N3O3. The molecule has 2 heterocycles. The monoisotopic (exact) mass is 287 g/mol. The molecule has 1 aliphatic rings. The van der Waals surface area contributed by atoms with E-state index in [0.29, 0.717) is 24.6 Å². The Bertz CT molecular complexity index is 612. The molecule has 0 unspecified atom stereocenters. The first-order chi connectivity index (χ1) is 10.2.